The Labute approximate surface area is 249 Å². The molecule has 9 nitrogen and oxygen atoms in total. The number of carbonyl (C=O) groups excluding carboxylic acids is 1. The van der Waals surface area contributed by atoms with E-state index in [4.69, 9.17) is 10.5 Å². The van der Waals surface area contributed by atoms with Crippen LogP contribution in [0.3, 0.4) is 0 Å². The molecule has 0 saturated carbocycles. The van der Waals surface area contributed by atoms with Crippen LogP contribution in [-0.2, 0) is 11.0 Å². The molecule has 2 aromatic heterocycles. The highest BCUT2D eigenvalue weighted by Crippen LogP contribution is 2.43. The number of alkyl halides is 4. The van der Waals surface area contributed by atoms with E-state index < -0.39 is 46.8 Å². The third-order valence-electron chi connectivity index (χ3n) is 7.85. The molecule has 2 aliphatic heterocycles. The lowest BCUT2D eigenvalue weighted by Crippen LogP contribution is -2.50. The van der Waals surface area contributed by atoms with Crippen LogP contribution in [0.15, 0.2) is 24.4 Å². The minimum absolute atomic E-state index is 0.0190. The van der Waals surface area contributed by atoms with Crippen molar-refractivity contribution in [1.82, 2.24) is 25.2 Å². The van der Waals surface area contributed by atoms with Crippen molar-refractivity contribution in [1.29, 1.82) is 0 Å². The molecule has 0 amide bonds. The SMILES string of the molecule is Cc1cc(N)nc(-c2c(F)cc3c(N4CCN(C=CC=O)C[C@@H]4C)nc(OC[C@@H]4C[C@@H](CF)CN4)nc3c2F)c1C(F)(F)F. The molecule has 0 radical (unpaired) electrons. The number of nitrogens with one attached hydrogen (secondary N) is 1. The van der Waals surface area contributed by atoms with Crippen LogP contribution in [0, 0.1) is 24.5 Å². The average Bonchev–Trinajstić information content (AvgIpc) is 3.42. The monoisotopic (exact) mass is 623 g/mol. The number of piperazine rings is 1. The summed E-state index contributed by atoms with van der Waals surface area (Å²) in [6.07, 6.45) is -0.853. The van der Waals surface area contributed by atoms with Crippen LogP contribution in [0.1, 0.15) is 24.5 Å². The highest BCUT2D eigenvalue weighted by molar-refractivity contribution is 5.94. The second-order valence-electron chi connectivity index (χ2n) is 11.0. The van der Waals surface area contributed by atoms with Gasteiger partial charge in [-0.15, -0.1) is 0 Å². The van der Waals surface area contributed by atoms with Crippen molar-refractivity contribution in [3.8, 4) is 17.3 Å². The summed E-state index contributed by atoms with van der Waals surface area (Å²) in [5, 5.41) is 3.06. The molecule has 1 aromatic carbocycles. The van der Waals surface area contributed by atoms with Crippen LogP contribution in [0.4, 0.5) is 38.0 Å². The second-order valence-corrected chi connectivity index (χ2v) is 11.0. The number of aromatic nitrogens is 3. The summed E-state index contributed by atoms with van der Waals surface area (Å²) in [5.41, 5.74) is 1.55. The van der Waals surface area contributed by atoms with E-state index in [0.717, 1.165) is 19.1 Å². The van der Waals surface area contributed by atoms with Gasteiger partial charge in [-0.2, -0.15) is 23.1 Å². The van der Waals surface area contributed by atoms with E-state index in [2.05, 4.69) is 20.3 Å². The summed E-state index contributed by atoms with van der Waals surface area (Å²) in [6, 6.07) is 1.09. The fourth-order valence-electron chi connectivity index (χ4n) is 5.81. The number of fused-ring (bicyclic) bond motifs is 1. The van der Waals surface area contributed by atoms with E-state index in [-0.39, 0.29) is 53.2 Å². The average molecular weight is 624 g/mol. The van der Waals surface area contributed by atoms with Crippen LogP contribution in [-0.4, -0.2) is 77.7 Å². The predicted molar refractivity (Wildman–Crippen MR) is 152 cm³/mol. The number of nitrogens with two attached hydrogens (primary N) is 1. The summed E-state index contributed by atoms with van der Waals surface area (Å²) in [5.74, 6) is -3.09. The molecular weight excluding hydrogens is 592 g/mol. The van der Waals surface area contributed by atoms with Gasteiger partial charge in [0.1, 0.15) is 35.9 Å². The van der Waals surface area contributed by atoms with Crippen molar-refractivity contribution < 1.29 is 35.9 Å². The van der Waals surface area contributed by atoms with E-state index in [1.165, 1.54) is 6.08 Å². The molecule has 15 heteroatoms. The standard InChI is InChI=1S/C29H31F6N7O2/c1-15-8-21(36)38-26(23(15)29(33,34)35)22-20(31)10-19-25(24(22)32)39-28(44-14-18-9-17(11-30)12-37-18)40-27(19)42-6-5-41(4-3-7-43)13-16(42)2/h3-4,7-8,10,16-18,37H,5-6,9,11-14H2,1-2H3,(H2,36,38)/t16-,17-,18-/m0/s1. The topological polar surface area (TPSA) is 110 Å². The highest BCUT2D eigenvalue weighted by Gasteiger charge is 2.39. The van der Waals surface area contributed by atoms with Gasteiger partial charge in [-0.1, -0.05) is 0 Å². The minimum atomic E-state index is -4.99. The van der Waals surface area contributed by atoms with Gasteiger partial charge >= 0.3 is 12.2 Å². The molecular formula is C29H31F6N7O2. The molecule has 4 heterocycles. The lowest BCUT2D eigenvalue weighted by atomic mass is 9.98. The Morgan fingerprint density at radius 1 is 1.18 bits per heavy atom. The molecule has 5 rings (SSSR count). The molecule has 3 atom stereocenters. The Kier molecular flexibility index (Phi) is 8.86. The Hall–Kier alpha value is -4.14. The number of nitrogen functional groups attached to an aromatic ring is 1. The van der Waals surface area contributed by atoms with Crippen LogP contribution >= 0.6 is 0 Å². The van der Waals surface area contributed by atoms with E-state index >= 15 is 8.78 Å². The molecule has 0 bridgehead atoms. The number of aldehydes is 1. The van der Waals surface area contributed by atoms with E-state index in [0.29, 0.717) is 38.9 Å². The first-order valence-corrected chi connectivity index (χ1v) is 14.0. The van der Waals surface area contributed by atoms with Gasteiger partial charge in [-0.05, 0) is 44.0 Å². The van der Waals surface area contributed by atoms with Crippen LogP contribution < -0.4 is 20.7 Å². The maximum atomic E-state index is 16.4. The van der Waals surface area contributed by atoms with Gasteiger partial charge in [0.2, 0.25) is 0 Å². The largest absolute Gasteiger partial charge is 0.462 e. The van der Waals surface area contributed by atoms with Crippen molar-refractivity contribution in [3.63, 3.8) is 0 Å². The number of ether oxygens (including phenoxy) is 1. The van der Waals surface area contributed by atoms with Crippen molar-refractivity contribution in [2.75, 3.05) is 50.1 Å². The van der Waals surface area contributed by atoms with Gasteiger partial charge in [0, 0.05) is 55.8 Å². The molecule has 3 aromatic rings. The van der Waals surface area contributed by atoms with Crippen molar-refractivity contribution in [2.24, 2.45) is 5.92 Å². The van der Waals surface area contributed by atoms with E-state index in [1.807, 2.05) is 11.8 Å². The Bertz CT molecular complexity index is 1580. The molecule has 44 heavy (non-hydrogen) atoms. The lowest BCUT2D eigenvalue weighted by molar-refractivity contribution is -0.137. The van der Waals surface area contributed by atoms with Gasteiger partial charge in [0.05, 0.1) is 23.5 Å². The Morgan fingerprint density at radius 2 is 1.95 bits per heavy atom. The number of nitrogens with zero attached hydrogens (tertiary/aromatic N) is 5. The summed E-state index contributed by atoms with van der Waals surface area (Å²) in [4.78, 5) is 26.8. The fraction of sp³-hybridized carbons (Fsp3) is 0.448. The van der Waals surface area contributed by atoms with Gasteiger partial charge in [0.25, 0.3) is 0 Å². The quantitative estimate of drug-likeness (QED) is 0.214. The number of aryl methyl sites for hydroxylation is 1. The van der Waals surface area contributed by atoms with Crippen molar-refractivity contribution in [2.45, 2.75) is 38.5 Å². The lowest BCUT2D eigenvalue weighted by Gasteiger charge is -2.40. The summed E-state index contributed by atoms with van der Waals surface area (Å²) >= 11 is 0. The third-order valence-corrected chi connectivity index (χ3v) is 7.85. The molecule has 0 spiro atoms. The number of benzene rings is 1. The number of pyridine rings is 1. The summed E-state index contributed by atoms with van der Waals surface area (Å²) in [7, 11) is 0. The zero-order valence-electron chi connectivity index (χ0n) is 24.0. The fourth-order valence-corrected chi connectivity index (χ4v) is 5.81. The second kappa shape index (κ2) is 12.5. The van der Waals surface area contributed by atoms with Crippen LogP contribution in [0.25, 0.3) is 22.2 Å². The Balaban J connectivity index is 1.64. The van der Waals surface area contributed by atoms with Gasteiger partial charge in [-0.3, -0.25) is 9.18 Å². The first kappa shape index (κ1) is 31.3. The van der Waals surface area contributed by atoms with Crippen molar-refractivity contribution in [3.05, 3.63) is 47.2 Å². The maximum Gasteiger partial charge on any atom is 0.418 e. The van der Waals surface area contributed by atoms with E-state index in [1.54, 1.807) is 11.1 Å². The normalized spacial score (nSPS) is 21.0. The van der Waals surface area contributed by atoms with Gasteiger partial charge < -0.3 is 25.6 Å². The molecule has 0 unspecified atom stereocenters. The zero-order chi connectivity index (χ0) is 31.8. The zero-order valence-corrected chi connectivity index (χ0v) is 24.0. The molecule has 3 N–H and O–H groups in total. The van der Waals surface area contributed by atoms with Gasteiger partial charge in [0.15, 0.2) is 5.82 Å². The number of hydrogen-bond donors (Lipinski definition) is 2. The minimum Gasteiger partial charge on any atom is -0.462 e. The smallest absolute Gasteiger partial charge is 0.418 e. The Morgan fingerprint density at radius 3 is 2.61 bits per heavy atom. The molecule has 2 saturated heterocycles. The molecule has 2 aliphatic rings. The van der Waals surface area contributed by atoms with E-state index in [9.17, 15) is 22.4 Å². The van der Waals surface area contributed by atoms with Crippen molar-refractivity contribution >= 4 is 28.8 Å². The number of halogens is 6. The van der Waals surface area contributed by atoms with Crippen LogP contribution in [0.2, 0.25) is 0 Å². The number of hydrogen-bond acceptors (Lipinski definition) is 9. The maximum absolute atomic E-state index is 16.4. The first-order valence-electron chi connectivity index (χ1n) is 14.0. The van der Waals surface area contributed by atoms with Gasteiger partial charge in [-0.25, -0.2) is 13.8 Å². The first-order chi connectivity index (χ1) is 20.9. The number of rotatable bonds is 8. The third kappa shape index (κ3) is 6.23. The number of anilines is 2. The predicted octanol–water partition coefficient (Wildman–Crippen LogP) is 4.43. The molecule has 2 fully saturated rings. The highest BCUT2D eigenvalue weighted by atomic mass is 19.4. The van der Waals surface area contributed by atoms with Crippen LogP contribution in [0.5, 0.6) is 6.01 Å². The number of carbonyl (C=O) groups is 1. The number of allylic oxidation sites excluding steroid dienone is 1. The molecule has 236 valence electrons. The summed E-state index contributed by atoms with van der Waals surface area (Å²) in [6.45, 7) is 4.17. The molecule has 0 aliphatic carbocycles. The summed E-state index contributed by atoms with van der Waals surface area (Å²) < 4.78 is 93.3.